The molecule has 0 aromatic heterocycles. The Labute approximate surface area is 147 Å². The summed E-state index contributed by atoms with van der Waals surface area (Å²) in [5.41, 5.74) is -0.330. The summed E-state index contributed by atoms with van der Waals surface area (Å²) in [6, 6.07) is 0. The third-order valence-electron chi connectivity index (χ3n) is 4.18. The Morgan fingerprint density at radius 3 is 2.08 bits per heavy atom. The molecule has 1 aliphatic rings. The third-order valence-corrected chi connectivity index (χ3v) is 4.18. The molecule has 142 valence electrons. The molecule has 1 heterocycles. The number of unbranched alkanes of at least 4 members (excludes halogenated alkanes) is 4. The van der Waals surface area contributed by atoms with Crippen LogP contribution < -0.4 is 0 Å². The Bertz CT molecular complexity index is 391. The molecule has 5 heteroatoms. The number of aliphatic hydroxyl groups excluding tert-OH is 1. The maximum Gasteiger partial charge on any atom is 0.373 e. The Morgan fingerprint density at radius 1 is 1.04 bits per heavy atom. The number of hydrogen-bond donors (Lipinski definition) is 1. The highest BCUT2D eigenvalue weighted by atomic mass is 17.4. The van der Waals surface area contributed by atoms with Crippen molar-refractivity contribution in [1.29, 1.82) is 0 Å². The van der Waals surface area contributed by atoms with E-state index >= 15 is 0 Å². The van der Waals surface area contributed by atoms with Crippen molar-refractivity contribution in [3.63, 3.8) is 0 Å². The van der Waals surface area contributed by atoms with Gasteiger partial charge in [-0.15, -0.1) is 0 Å². The average molecular weight is 344 g/mol. The van der Waals surface area contributed by atoms with Crippen LogP contribution in [0.3, 0.4) is 0 Å². The monoisotopic (exact) mass is 344 g/mol. The summed E-state index contributed by atoms with van der Waals surface area (Å²) < 4.78 is 5.46. The molecule has 0 radical (unpaired) electrons. The first-order chi connectivity index (χ1) is 11.0. The number of rotatable bonds is 11. The van der Waals surface area contributed by atoms with Crippen molar-refractivity contribution in [1.82, 2.24) is 0 Å². The minimum Gasteiger partial charge on any atom is -0.455 e. The highest BCUT2D eigenvalue weighted by molar-refractivity contribution is 5.79. The summed E-state index contributed by atoms with van der Waals surface area (Å²) in [6.07, 6.45) is 7.18. The minimum absolute atomic E-state index is 0.378. The SMILES string of the molecule is CC(O)CC(C)(C)OC(=O)C1(CCCCCCCC(C)(C)C)OO1. The van der Waals surface area contributed by atoms with Gasteiger partial charge in [0, 0.05) is 12.8 Å². The van der Waals surface area contributed by atoms with Crippen molar-refractivity contribution < 1.29 is 24.4 Å². The van der Waals surface area contributed by atoms with Crippen LogP contribution in [-0.4, -0.2) is 28.6 Å². The number of aliphatic hydroxyl groups is 1. The highest BCUT2D eigenvalue weighted by Gasteiger charge is 2.58. The van der Waals surface area contributed by atoms with Gasteiger partial charge in [-0.3, -0.25) is 0 Å². The lowest BCUT2D eigenvalue weighted by atomic mass is 9.89. The first-order valence-electron chi connectivity index (χ1n) is 9.24. The van der Waals surface area contributed by atoms with Crippen LogP contribution in [0.15, 0.2) is 0 Å². The van der Waals surface area contributed by atoms with E-state index in [1.165, 1.54) is 19.3 Å². The summed E-state index contributed by atoms with van der Waals surface area (Å²) >= 11 is 0. The minimum atomic E-state index is -1.21. The summed E-state index contributed by atoms with van der Waals surface area (Å²) in [5, 5.41) is 9.46. The van der Waals surface area contributed by atoms with Crippen molar-refractivity contribution in [2.45, 2.75) is 110 Å². The Morgan fingerprint density at radius 2 is 1.58 bits per heavy atom. The number of carbonyl (C=O) groups excluding carboxylic acids is 1. The lowest BCUT2D eigenvalue weighted by Gasteiger charge is -2.26. The quantitative estimate of drug-likeness (QED) is 0.258. The summed E-state index contributed by atoms with van der Waals surface area (Å²) in [6.45, 7) is 12.0. The average Bonchev–Trinajstić information content (AvgIpc) is 3.15. The van der Waals surface area contributed by atoms with Crippen molar-refractivity contribution in [3.8, 4) is 0 Å². The predicted molar refractivity (Wildman–Crippen MR) is 93.1 cm³/mol. The van der Waals surface area contributed by atoms with Crippen LogP contribution in [0.25, 0.3) is 0 Å². The molecule has 1 rings (SSSR count). The zero-order chi connectivity index (χ0) is 18.4. The molecule has 0 bridgehead atoms. The lowest BCUT2D eigenvalue weighted by molar-refractivity contribution is -0.166. The molecule has 1 atom stereocenters. The van der Waals surface area contributed by atoms with Gasteiger partial charge in [-0.2, -0.15) is 9.78 Å². The van der Waals surface area contributed by atoms with Crippen molar-refractivity contribution >= 4 is 5.97 Å². The molecule has 1 aliphatic heterocycles. The van der Waals surface area contributed by atoms with E-state index in [1.807, 2.05) is 0 Å². The molecule has 24 heavy (non-hydrogen) atoms. The van der Waals surface area contributed by atoms with Gasteiger partial charge in [-0.1, -0.05) is 46.5 Å². The lowest BCUT2D eigenvalue weighted by Crippen LogP contribution is -2.37. The van der Waals surface area contributed by atoms with Gasteiger partial charge in [0.15, 0.2) is 0 Å². The molecule has 1 fully saturated rings. The van der Waals surface area contributed by atoms with Crippen LogP contribution in [0.1, 0.15) is 92.9 Å². The Kier molecular flexibility index (Phi) is 7.70. The standard InChI is InChI=1S/C19H36O5/c1-15(20)14-18(5,6)22-16(21)19(23-24-19)13-11-9-7-8-10-12-17(2,3)4/h15,20H,7-14H2,1-6H3. The van der Waals surface area contributed by atoms with E-state index in [0.29, 0.717) is 18.3 Å². The van der Waals surface area contributed by atoms with Gasteiger partial charge in [0.25, 0.3) is 0 Å². The molecular formula is C19H36O5. The molecule has 0 aromatic rings. The fourth-order valence-corrected chi connectivity index (χ4v) is 2.93. The van der Waals surface area contributed by atoms with Crippen LogP contribution in [-0.2, 0) is 19.3 Å². The molecule has 0 saturated carbocycles. The maximum atomic E-state index is 12.2. The van der Waals surface area contributed by atoms with Crippen molar-refractivity contribution in [3.05, 3.63) is 0 Å². The summed E-state index contributed by atoms with van der Waals surface area (Å²) in [4.78, 5) is 22.1. The number of carbonyl (C=O) groups is 1. The zero-order valence-corrected chi connectivity index (χ0v) is 16.3. The Balaban J connectivity index is 2.21. The van der Waals surface area contributed by atoms with Crippen LogP contribution in [0.5, 0.6) is 0 Å². The van der Waals surface area contributed by atoms with Crippen molar-refractivity contribution in [2.75, 3.05) is 0 Å². The molecule has 0 spiro atoms. The fraction of sp³-hybridized carbons (Fsp3) is 0.947. The fourth-order valence-electron chi connectivity index (χ4n) is 2.93. The van der Waals surface area contributed by atoms with Crippen LogP contribution >= 0.6 is 0 Å². The van der Waals surface area contributed by atoms with Gasteiger partial charge < -0.3 is 9.84 Å². The van der Waals surface area contributed by atoms with Crippen LogP contribution in [0.2, 0.25) is 0 Å². The highest BCUT2D eigenvalue weighted by Crippen LogP contribution is 2.38. The molecule has 1 unspecified atom stereocenters. The second-order valence-electron chi connectivity index (χ2n) is 8.95. The Hall–Kier alpha value is -0.650. The van der Waals surface area contributed by atoms with Crippen LogP contribution in [0.4, 0.5) is 0 Å². The van der Waals surface area contributed by atoms with Gasteiger partial charge in [0.05, 0.1) is 6.10 Å². The van der Waals surface area contributed by atoms with Gasteiger partial charge in [-0.05, 0) is 39.0 Å². The third kappa shape index (κ3) is 8.45. The first-order valence-corrected chi connectivity index (χ1v) is 9.24. The topological polar surface area (TPSA) is 71.6 Å². The van der Waals surface area contributed by atoms with Gasteiger partial charge in [0.2, 0.25) is 0 Å². The maximum absolute atomic E-state index is 12.2. The molecule has 1 N–H and O–H groups in total. The number of esters is 1. The number of ether oxygens (including phenoxy) is 1. The molecule has 0 amide bonds. The van der Waals surface area contributed by atoms with Gasteiger partial charge in [0.1, 0.15) is 5.60 Å². The van der Waals surface area contributed by atoms with E-state index < -0.39 is 23.5 Å². The van der Waals surface area contributed by atoms with Gasteiger partial charge >= 0.3 is 11.8 Å². The van der Waals surface area contributed by atoms with E-state index in [0.717, 1.165) is 19.3 Å². The summed E-state index contributed by atoms with van der Waals surface area (Å²) in [7, 11) is 0. The molecule has 0 aromatic carbocycles. The second kappa shape index (κ2) is 8.63. The normalized spacial score (nSPS) is 18.3. The molecule has 0 aliphatic carbocycles. The van der Waals surface area contributed by atoms with Gasteiger partial charge in [-0.25, -0.2) is 4.79 Å². The van der Waals surface area contributed by atoms with E-state index in [-0.39, 0.29) is 0 Å². The van der Waals surface area contributed by atoms with E-state index in [1.54, 1.807) is 20.8 Å². The van der Waals surface area contributed by atoms with E-state index in [2.05, 4.69) is 20.8 Å². The summed E-state index contributed by atoms with van der Waals surface area (Å²) in [5.74, 6) is -1.69. The molecule has 1 saturated heterocycles. The number of hydrogen-bond acceptors (Lipinski definition) is 5. The van der Waals surface area contributed by atoms with E-state index in [4.69, 9.17) is 14.5 Å². The van der Waals surface area contributed by atoms with Crippen LogP contribution in [0, 0.1) is 5.41 Å². The zero-order valence-electron chi connectivity index (χ0n) is 16.3. The van der Waals surface area contributed by atoms with Crippen molar-refractivity contribution in [2.24, 2.45) is 5.41 Å². The molecule has 5 nitrogen and oxygen atoms in total. The largest absolute Gasteiger partial charge is 0.455 e. The predicted octanol–water partition coefficient (Wildman–Crippen LogP) is 4.51. The molecular weight excluding hydrogens is 308 g/mol. The van der Waals surface area contributed by atoms with E-state index in [9.17, 15) is 9.90 Å². The smallest absolute Gasteiger partial charge is 0.373 e. The first kappa shape index (κ1) is 21.4. The second-order valence-corrected chi connectivity index (χ2v) is 8.95.